The van der Waals surface area contributed by atoms with Gasteiger partial charge in [0, 0.05) is 17.9 Å². The second-order valence-electron chi connectivity index (χ2n) is 3.21. The first-order valence-corrected chi connectivity index (χ1v) is 6.31. The summed E-state index contributed by atoms with van der Waals surface area (Å²) < 4.78 is 0. The van der Waals surface area contributed by atoms with E-state index in [1.54, 1.807) is 24.3 Å². The molecule has 0 unspecified atom stereocenters. The van der Waals surface area contributed by atoms with Gasteiger partial charge in [-0.25, -0.2) is 0 Å². The number of hydrogen-bond acceptors (Lipinski definition) is 4. The van der Waals surface area contributed by atoms with Crippen molar-refractivity contribution in [3.63, 3.8) is 0 Å². The Morgan fingerprint density at radius 3 is 2.53 bits per heavy atom. The third kappa shape index (κ3) is 5.37. The molecule has 0 heterocycles. The average molecular weight is 253 g/mol. The van der Waals surface area contributed by atoms with Crippen LogP contribution >= 0.6 is 11.8 Å². The molecule has 0 atom stereocenters. The smallest absolute Gasteiger partial charge is 0.269 e. The van der Waals surface area contributed by atoms with Crippen molar-refractivity contribution in [3.05, 3.63) is 35.9 Å². The molecule has 0 aliphatic carbocycles. The Bertz CT molecular complexity index is 370. The highest BCUT2D eigenvalue weighted by molar-refractivity contribution is 7.99. The fourth-order valence-electron chi connectivity index (χ4n) is 1.07. The lowest BCUT2D eigenvalue weighted by Crippen LogP contribution is -2.42. The molecular weight excluding hydrogens is 238 g/mol. The standard InChI is InChI=1S/C11H15N3O2S/c12-6-7-17-8-10(15)13-14-11(16)9-4-2-1-3-5-9/h1-5H,6-8,12H2,(H,13,15)(H,14,16). The van der Waals surface area contributed by atoms with Crippen LogP contribution in [-0.4, -0.2) is 29.9 Å². The van der Waals surface area contributed by atoms with Crippen molar-refractivity contribution in [1.82, 2.24) is 10.9 Å². The van der Waals surface area contributed by atoms with Crippen molar-refractivity contribution in [3.8, 4) is 0 Å². The summed E-state index contributed by atoms with van der Waals surface area (Å²) >= 11 is 1.42. The zero-order valence-corrected chi connectivity index (χ0v) is 10.1. The normalized spacial score (nSPS) is 9.71. The Morgan fingerprint density at radius 1 is 1.18 bits per heavy atom. The van der Waals surface area contributed by atoms with E-state index in [9.17, 15) is 9.59 Å². The summed E-state index contributed by atoms with van der Waals surface area (Å²) in [5, 5.41) is 0. The van der Waals surface area contributed by atoms with E-state index in [2.05, 4.69) is 10.9 Å². The quantitative estimate of drug-likeness (QED) is 0.515. The molecule has 0 aliphatic rings. The zero-order chi connectivity index (χ0) is 12.5. The molecule has 0 saturated heterocycles. The van der Waals surface area contributed by atoms with E-state index in [1.165, 1.54) is 11.8 Å². The van der Waals surface area contributed by atoms with Crippen LogP contribution in [0.1, 0.15) is 10.4 Å². The van der Waals surface area contributed by atoms with E-state index in [0.29, 0.717) is 12.1 Å². The highest BCUT2D eigenvalue weighted by atomic mass is 32.2. The van der Waals surface area contributed by atoms with Gasteiger partial charge >= 0.3 is 0 Å². The van der Waals surface area contributed by atoms with Gasteiger partial charge in [0.05, 0.1) is 5.75 Å². The minimum absolute atomic E-state index is 0.243. The van der Waals surface area contributed by atoms with Crippen molar-refractivity contribution in [2.45, 2.75) is 0 Å². The molecule has 1 aromatic rings. The predicted octanol–water partition coefficient (Wildman–Crippen LogP) is 0.140. The van der Waals surface area contributed by atoms with E-state index < -0.39 is 0 Å². The molecule has 0 aliphatic heterocycles. The van der Waals surface area contributed by atoms with Crippen LogP contribution < -0.4 is 16.6 Å². The molecular formula is C11H15N3O2S. The molecule has 4 N–H and O–H groups in total. The van der Waals surface area contributed by atoms with Gasteiger partial charge in [0.1, 0.15) is 0 Å². The number of benzene rings is 1. The average Bonchev–Trinajstić information content (AvgIpc) is 2.37. The first kappa shape index (κ1) is 13.5. The number of amides is 2. The molecule has 2 amide bonds. The van der Waals surface area contributed by atoms with Gasteiger partial charge < -0.3 is 5.73 Å². The first-order chi connectivity index (χ1) is 8.24. The summed E-state index contributed by atoms with van der Waals surface area (Å²) in [4.78, 5) is 22.8. The van der Waals surface area contributed by atoms with Crippen molar-refractivity contribution in [1.29, 1.82) is 0 Å². The van der Waals surface area contributed by atoms with Crippen LogP contribution in [0.2, 0.25) is 0 Å². The van der Waals surface area contributed by atoms with Crippen molar-refractivity contribution < 1.29 is 9.59 Å². The van der Waals surface area contributed by atoms with Crippen LogP contribution in [-0.2, 0) is 4.79 Å². The van der Waals surface area contributed by atoms with Gasteiger partial charge in [0.2, 0.25) is 5.91 Å². The maximum Gasteiger partial charge on any atom is 0.269 e. The number of carbonyl (C=O) groups excluding carboxylic acids is 2. The molecule has 0 fully saturated rings. The lowest BCUT2D eigenvalue weighted by atomic mass is 10.2. The number of nitrogens with one attached hydrogen (secondary N) is 2. The number of thioether (sulfide) groups is 1. The molecule has 17 heavy (non-hydrogen) atoms. The van der Waals surface area contributed by atoms with Crippen LogP contribution in [0, 0.1) is 0 Å². The van der Waals surface area contributed by atoms with Crippen LogP contribution in [0.15, 0.2) is 30.3 Å². The molecule has 0 saturated carbocycles. The fraction of sp³-hybridized carbons (Fsp3) is 0.273. The van der Waals surface area contributed by atoms with E-state index in [-0.39, 0.29) is 17.6 Å². The van der Waals surface area contributed by atoms with Gasteiger partial charge in [-0.1, -0.05) is 18.2 Å². The van der Waals surface area contributed by atoms with Gasteiger partial charge in [-0.05, 0) is 12.1 Å². The van der Waals surface area contributed by atoms with Crippen molar-refractivity contribution >= 4 is 23.6 Å². The lowest BCUT2D eigenvalue weighted by Gasteiger charge is -2.06. The molecule has 92 valence electrons. The molecule has 0 spiro atoms. The number of nitrogens with two attached hydrogens (primary N) is 1. The van der Waals surface area contributed by atoms with Gasteiger partial charge in [-0.15, -0.1) is 0 Å². The number of rotatable bonds is 5. The number of hydrogen-bond donors (Lipinski definition) is 3. The second kappa shape index (κ2) is 7.70. The Morgan fingerprint density at radius 2 is 1.88 bits per heavy atom. The third-order valence-electron chi connectivity index (χ3n) is 1.85. The summed E-state index contributed by atoms with van der Waals surface area (Å²) in [7, 11) is 0. The van der Waals surface area contributed by atoms with Gasteiger partial charge in [0.15, 0.2) is 0 Å². The predicted molar refractivity (Wildman–Crippen MR) is 68.4 cm³/mol. The molecule has 0 radical (unpaired) electrons. The maximum atomic E-state index is 11.5. The summed E-state index contributed by atoms with van der Waals surface area (Å²) in [6.45, 7) is 0.536. The van der Waals surface area contributed by atoms with Crippen LogP contribution in [0.25, 0.3) is 0 Å². The van der Waals surface area contributed by atoms with E-state index >= 15 is 0 Å². The Hall–Kier alpha value is -1.53. The van der Waals surface area contributed by atoms with E-state index in [4.69, 9.17) is 5.73 Å². The lowest BCUT2D eigenvalue weighted by molar-refractivity contribution is -0.119. The van der Waals surface area contributed by atoms with Crippen molar-refractivity contribution in [2.24, 2.45) is 5.73 Å². The molecule has 6 heteroatoms. The van der Waals surface area contributed by atoms with Crippen LogP contribution in [0.5, 0.6) is 0 Å². The monoisotopic (exact) mass is 253 g/mol. The third-order valence-corrected chi connectivity index (χ3v) is 2.84. The maximum absolute atomic E-state index is 11.5. The van der Waals surface area contributed by atoms with E-state index in [1.807, 2.05) is 6.07 Å². The Balaban J connectivity index is 2.26. The molecule has 1 rings (SSSR count). The number of hydrazine groups is 1. The summed E-state index contributed by atoms with van der Waals surface area (Å²) in [6.07, 6.45) is 0. The van der Waals surface area contributed by atoms with Gasteiger partial charge in [-0.2, -0.15) is 11.8 Å². The molecule has 0 bridgehead atoms. The highest BCUT2D eigenvalue weighted by Gasteiger charge is 2.06. The highest BCUT2D eigenvalue weighted by Crippen LogP contribution is 1.98. The second-order valence-corrected chi connectivity index (χ2v) is 4.31. The van der Waals surface area contributed by atoms with Gasteiger partial charge in [-0.3, -0.25) is 20.4 Å². The minimum Gasteiger partial charge on any atom is -0.330 e. The number of carbonyl (C=O) groups is 2. The van der Waals surface area contributed by atoms with Crippen LogP contribution in [0.3, 0.4) is 0 Å². The topological polar surface area (TPSA) is 84.2 Å². The van der Waals surface area contributed by atoms with Crippen LogP contribution in [0.4, 0.5) is 0 Å². The van der Waals surface area contributed by atoms with Crippen molar-refractivity contribution in [2.75, 3.05) is 18.1 Å². The Kier molecular flexibility index (Phi) is 6.13. The SMILES string of the molecule is NCCSCC(=O)NNC(=O)c1ccccc1. The minimum atomic E-state index is -0.331. The molecule has 1 aromatic carbocycles. The zero-order valence-electron chi connectivity index (χ0n) is 9.31. The summed E-state index contributed by atoms with van der Waals surface area (Å²) in [5.41, 5.74) is 10.5. The largest absolute Gasteiger partial charge is 0.330 e. The molecule has 0 aromatic heterocycles. The first-order valence-electron chi connectivity index (χ1n) is 5.16. The Labute approximate surface area is 104 Å². The van der Waals surface area contributed by atoms with E-state index in [0.717, 1.165) is 5.75 Å². The van der Waals surface area contributed by atoms with Gasteiger partial charge in [0.25, 0.3) is 5.91 Å². The molecule has 5 nitrogen and oxygen atoms in total. The summed E-state index contributed by atoms with van der Waals surface area (Å²) in [6, 6.07) is 8.68. The summed E-state index contributed by atoms with van der Waals surface area (Å²) in [5.74, 6) is 0.433. The fourth-order valence-corrected chi connectivity index (χ4v) is 1.64.